The zero-order valence-corrected chi connectivity index (χ0v) is 12.4. The highest BCUT2D eigenvalue weighted by Gasteiger charge is 2.03. The molecule has 0 aromatic heterocycles. The van der Waals surface area contributed by atoms with Crippen LogP contribution in [0.4, 0.5) is 0 Å². The van der Waals surface area contributed by atoms with Gasteiger partial charge in [-0.25, -0.2) is 0 Å². The van der Waals surface area contributed by atoms with Gasteiger partial charge in [0.05, 0.1) is 0 Å². The summed E-state index contributed by atoms with van der Waals surface area (Å²) in [5.74, 6) is 0.295. The fourth-order valence-electron chi connectivity index (χ4n) is 2.36. The number of carbonyl (C=O) groups is 1. The van der Waals surface area contributed by atoms with Gasteiger partial charge in [-0.1, -0.05) is 88.6 Å². The molecule has 1 nitrogen and oxygen atoms in total. The molecule has 0 aliphatic heterocycles. The van der Waals surface area contributed by atoms with E-state index in [0.717, 1.165) is 12.0 Å². The maximum absolute atomic E-state index is 11.9. The number of rotatable bonds is 11. The van der Waals surface area contributed by atoms with Crippen LogP contribution in [0.3, 0.4) is 0 Å². The van der Waals surface area contributed by atoms with Crippen molar-refractivity contribution in [2.24, 2.45) is 0 Å². The zero-order chi connectivity index (χ0) is 13.8. The standard InChI is InChI=1S/C18H28O/c1-2-3-4-5-6-7-8-9-13-16-18(19)17-14-11-10-12-15-17/h10-12,14-15H,2-9,13,16H2,1H3/i10+1,11+1,12+1,14+1,15+1,17+1. The lowest BCUT2D eigenvalue weighted by atomic mass is 10.1. The molecule has 0 aliphatic carbocycles. The Kier molecular flexibility index (Phi) is 9.05. The Balaban J connectivity index is 1.95. The number of hydrogen-bond donors (Lipinski definition) is 0. The van der Waals surface area contributed by atoms with Crippen LogP contribution in [0, 0.1) is 0 Å². The molecule has 1 aromatic rings. The molecule has 1 rings (SSSR count). The van der Waals surface area contributed by atoms with Gasteiger partial charge in [-0.15, -0.1) is 0 Å². The molecule has 106 valence electrons. The highest BCUT2D eigenvalue weighted by molar-refractivity contribution is 5.95. The normalized spacial score (nSPS) is 10.6. The third-order valence-corrected chi connectivity index (χ3v) is 3.60. The predicted octanol–water partition coefficient (Wildman–Crippen LogP) is 5.79. The highest BCUT2D eigenvalue weighted by Crippen LogP contribution is 2.12. The average molecular weight is 266 g/mol. The van der Waals surface area contributed by atoms with Gasteiger partial charge in [-0.05, 0) is 6.42 Å². The smallest absolute Gasteiger partial charge is 0.162 e. The van der Waals surface area contributed by atoms with Gasteiger partial charge >= 0.3 is 0 Å². The molecule has 0 amide bonds. The van der Waals surface area contributed by atoms with Crippen molar-refractivity contribution in [3.8, 4) is 0 Å². The van der Waals surface area contributed by atoms with Crippen LogP contribution in [-0.4, -0.2) is 5.78 Å². The summed E-state index contributed by atoms with van der Waals surface area (Å²) in [7, 11) is 0. The van der Waals surface area contributed by atoms with Crippen molar-refractivity contribution in [3.05, 3.63) is 35.9 Å². The Morgan fingerprint density at radius 3 is 1.89 bits per heavy atom. The second-order valence-corrected chi connectivity index (χ2v) is 5.37. The molecule has 0 radical (unpaired) electrons. The number of unbranched alkanes of at least 4 members (excludes halogenated alkanes) is 8. The van der Waals surface area contributed by atoms with Crippen molar-refractivity contribution >= 4 is 5.78 Å². The van der Waals surface area contributed by atoms with Crippen LogP contribution in [0.15, 0.2) is 30.3 Å². The van der Waals surface area contributed by atoms with E-state index in [0.29, 0.717) is 12.2 Å². The Hall–Kier alpha value is -1.11. The highest BCUT2D eigenvalue weighted by atomic mass is 16.1. The van der Waals surface area contributed by atoms with Crippen molar-refractivity contribution in [2.75, 3.05) is 0 Å². The van der Waals surface area contributed by atoms with Gasteiger partial charge in [0, 0.05) is 12.0 Å². The third kappa shape index (κ3) is 7.81. The van der Waals surface area contributed by atoms with Gasteiger partial charge in [-0.2, -0.15) is 0 Å². The van der Waals surface area contributed by atoms with Gasteiger partial charge < -0.3 is 0 Å². The lowest BCUT2D eigenvalue weighted by molar-refractivity contribution is 0.0979. The van der Waals surface area contributed by atoms with E-state index < -0.39 is 0 Å². The van der Waals surface area contributed by atoms with Crippen LogP contribution in [0.25, 0.3) is 0 Å². The van der Waals surface area contributed by atoms with Crippen molar-refractivity contribution < 1.29 is 4.79 Å². The molecule has 0 N–H and O–H groups in total. The monoisotopic (exact) mass is 266 g/mol. The Labute approximate surface area is 118 Å². The van der Waals surface area contributed by atoms with Crippen LogP contribution in [0.5, 0.6) is 0 Å². The minimum Gasteiger partial charge on any atom is -0.294 e. The molecule has 1 aromatic carbocycles. The average Bonchev–Trinajstić information content (AvgIpc) is 2.46. The largest absolute Gasteiger partial charge is 0.294 e. The first-order chi connectivity index (χ1) is 9.34. The summed E-state index contributed by atoms with van der Waals surface area (Å²) in [5.41, 5.74) is 0.863. The third-order valence-electron chi connectivity index (χ3n) is 3.60. The maximum atomic E-state index is 11.9. The zero-order valence-electron chi connectivity index (χ0n) is 12.4. The molecular weight excluding hydrogens is 238 g/mol. The second-order valence-electron chi connectivity index (χ2n) is 5.37. The number of carbonyl (C=O) groups excluding carboxylic acids is 1. The maximum Gasteiger partial charge on any atom is 0.162 e. The molecular formula is C18H28O. The summed E-state index contributed by atoms with van der Waals surface area (Å²) in [6.07, 6.45) is 12.4. The Bertz CT molecular complexity index is 329. The first-order valence-corrected chi connectivity index (χ1v) is 7.93. The van der Waals surface area contributed by atoms with Crippen LogP contribution in [0.1, 0.15) is 81.5 Å². The molecule has 0 atom stereocenters. The first kappa shape index (κ1) is 15.9. The number of Topliss-reactive ketones (excluding diaryl/α,β-unsaturated/α-hetero) is 1. The van der Waals surface area contributed by atoms with E-state index in [1.807, 2.05) is 30.3 Å². The lowest BCUT2D eigenvalue weighted by Gasteiger charge is -2.02. The van der Waals surface area contributed by atoms with E-state index in [2.05, 4.69) is 6.92 Å². The molecule has 0 spiro atoms. The Morgan fingerprint density at radius 2 is 1.32 bits per heavy atom. The van der Waals surface area contributed by atoms with E-state index in [-0.39, 0.29) is 0 Å². The first-order valence-electron chi connectivity index (χ1n) is 7.93. The van der Waals surface area contributed by atoms with Crippen molar-refractivity contribution in [1.82, 2.24) is 0 Å². The molecule has 0 bridgehead atoms. The number of hydrogen-bond acceptors (Lipinski definition) is 1. The van der Waals surface area contributed by atoms with Crippen molar-refractivity contribution in [3.63, 3.8) is 0 Å². The SMILES string of the molecule is CCCCCCCCCCCC(=O)[13c]1[13cH][13cH][13cH][13cH][13cH]1. The molecule has 0 saturated heterocycles. The van der Waals surface area contributed by atoms with E-state index in [1.165, 1.54) is 51.4 Å². The van der Waals surface area contributed by atoms with E-state index in [4.69, 9.17) is 0 Å². The van der Waals surface area contributed by atoms with Gasteiger partial charge in [0.1, 0.15) is 0 Å². The minimum absolute atomic E-state index is 0.295. The fourth-order valence-corrected chi connectivity index (χ4v) is 2.36. The van der Waals surface area contributed by atoms with E-state index in [9.17, 15) is 4.79 Å². The summed E-state index contributed by atoms with van der Waals surface area (Å²) >= 11 is 0. The lowest BCUT2D eigenvalue weighted by Crippen LogP contribution is -1.98. The molecule has 0 unspecified atom stereocenters. The quantitative estimate of drug-likeness (QED) is 0.366. The van der Waals surface area contributed by atoms with Crippen LogP contribution in [0.2, 0.25) is 0 Å². The Morgan fingerprint density at radius 1 is 0.789 bits per heavy atom. The molecule has 0 heterocycles. The number of benzene rings is 1. The molecule has 0 aliphatic rings. The van der Waals surface area contributed by atoms with Gasteiger partial charge in [-0.3, -0.25) is 4.79 Å². The predicted molar refractivity (Wildman–Crippen MR) is 82.6 cm³/mol. The minimum atomic E-state index is 0.295. The molecule has 0 saturated carbocycles. The number of ketones is 1. The summed E-state index contributed by atoms with van der Waals surface area (Å²) in [6, 6.07) is 9.65. The van der Waals surface area contributed by atoms with E-state index in [1.54, 1.807) is 0 Å². The van der Waals surface area contributed by atoms with Gasteiger partial charge in [0.25, 0.3) is 0 Å². The van der Waals surface area contributed by atoms with Crippen molar-refractivity contribution in [2.45, 2.75) is 71.1 Å². The van der Waals surface area contributed by atoms with Gasteiger partial charge in [0.15, 0.2) is 5.78 Å². The van der Waals surface area contributed by atoms with Crippen LogP contribution < -0.4 is 0 Å². The molecule has 0 fully saturated rings. The summed E-state index contributed by atoms with van der Waals surface area (Å²) in [5, 5.41) is 0. The fraction of sp³-hybridized carbons (Fsp3) is 0.611. The summed E-state index contributed by atoms with van der Waals surface area (Å²) < 4.78 is 0. The summed E-state index contributed by atoms with van der Waals surface area (Å²) in [4.78, 5) is 11.9. The van der Waals surface area contributed by atoms with Gasteiger partial charge in [0.2, 0.25) is 0 Å². The molecule has 1 heteroatoms. The van der Waals surface area contributed by atoms with E-state index >= 15 is 0 Å². The second kappa shape index (κ2) is 10.8. The molecule has 19 heavy (non-hydrogen) atoms. The van der Waals surface area contributed by atoms with Crippen LogP contribution >= 0.6 is 0 Å². The van der Waals surface area contributed by atoms with Crippen LogP contribution in [-0.2, 0) is 0 Å². The summed E-state index contributed by atoms with van der Waals surface area (Å²) in [6.45, 7) is 2.25. The topological polar surface area (TPSA) is 17.1 Å². The van der Waals surface area contributed by atoms with Crippen molar-refractivity contribution in [1.29, 1.82) is 0 Å².